The summed E-state index contributed by atoms with van der Waals surface area (Å²) >= 11 is 6.03. The molecule has 20 heavy (non-hydrogen) atoms. The molecule has 0 aromatic carbocycles. The molecule has 1 unspecified atom stereocenters. The number of hydrogen-bond donors (Lipinski definition) is 1. The SMILES string of the molecule is CCCCN(Cc1nc(C)cc(Cl)n1)CC1CCCN1. The molecule has 112 valence electrons. The number of nitrogens with zero attached hydrogens (tertiary/aromatic N) is 3. The zero-order valence-corrected chi connectivity index (χ0v) is 13.3. The highest BCUT2D eigenvalue weighted by molar-refractivity contribution is 6.29. The molecule has 1 saturated heterocycles. The average molecular weight is 297 g/mol. The summed E-state index contributed by atoms with van der Waals surface area (Å²) in [6.45, 7) is 8.31. The van der Waals surface area contributed by atoms with Gasteiger partial charge in [-0.1, -0.05) is 24.9 Å². The van der Waals surface area contributed by atoms with Gasteiger partial charge in [0.15, 0.2) is 0 Å². The maximum absolute atomic E-state index is 6.03. The van der Waals surface area contributed by atoms with Crippen molar-refractivity contribution in [3.63, 3.8) is 0 Å². The van der Waals surface area contributed by atoms with Gasteiger partial charge in [0.25, 0.3) is 0 Å². The van der Waals surface area contributed by atoms with Crippen molar-refractivity contribution in [2.75, 3.05) is 19.6 Å². The Kier molecular flexibility index (Phi) is 6.20. The minimum Gasteiger partial charge on any atom is -0.313 e. The molecule has 0 amide bonds. The van der Waals surface area contributed by atoms with E-state index in [1.54, 1.807) is 6.07 Å². The van der Waals surface area contributed by atoms with Crippen LogP contribution < -0.4 is 5.32 Å². The first-order chi connectivity index (χ1) is 9.67. The summed E-state index contributed by atoms with van der Waals surface area (Å²) < 4.78 is 0. The number of halogens is 1. The van der Waals surface area contributed by atoms with Gasteiger partial charge < -0.3 is 5.32 Å². The molecule has 1 N–H and O–H groups in total. The van der Waals surface area contributed by atoms with E-state index in [4.69, 9.17) is 11.6 Å². The number of rotatable bonds is 7. The molecule has 0 saturated carbocycles. The highest BCUT2D eigenvalue weighted by Crippen LogP contribution is 2.12. The van der Waals surface area contributed by atoms with Crippen molar-refractivity contribution in [3.05, 3.63) is 22.7 Å². The van der Waals surface area contributed by atoms with Gasteiger partial charge in [0.05, 0.1) is 6.54 Å². The van der Waals surface area contributed by atoms with Gasteiger partial charge >= 0.3 is 0 Å². The lowest BCUT2D eigenvalue weighted by atomic mass is 10.2. The van der Waals surface area contributed by atoms with Gasteiger partial charge in [0, 0.05) is 18.3 Å². The molecule has 1 aromatic rings. The third kappa shape index (κ3) is 5.00. The molecule has 2 heterocycles. The third-order valence-corrected chi connectivity index (χ3v) is 3.90. The first kappa shape index (κ1) is 15.7. The Balaban J connectivity index is 1.97. The Morgan fingerprint density at radius 1 is 1.45 bits per heavy atom. The van der Waals surface area contributed by atoms with Gasteiger partial charge in [0.1, 0.15) is 11.0 Å². The van der Waals surface area contributed by atoms with Crippen molar-refractivity contribution in [1.82, 2.24) is 20.2 Å². The van der Waals surface area contributed by atoms with Crippen molar-refractivity contribution in [3.8, 4) is 0 Å². The summed E-state index contributed by atoms with van der Waals surface area (Å²) in [6.07, 6.45) is 4.99. The second kappa shape index (κ2) is 7.91. The van der Waals surface area contributed by atoms with Gasteiger partial charge in [-0.3, -0.25) is 4.90 Å². The molecule has 1 aliphatic heterocycles. The standard InChI is InChI=1S/C15H25ClN4/c1-3-4-8-20(10-13-6-5-7-17-13)11-15-18-12(2)9-14(16)19-15/h9,13,17H,3-8,10-11H2,1-2H3. The summed E-state index contributed by atoms with van der Waals surface area (Å²) in [5, 5.41) is 4.11. The molecule has 1 atom stereocenters. The van der Waals surface area contributed by atoms with Crippen LogP contribution in [-0.2, 0) is 6.54 Å². The maximum atomic E-state index is 6.03. The average Bonchev–Trinajstić information content (AvgIpc) is 2.87. The summed E-state index contributed by atoms with van der Waals surface area (Å²) in [5.74, 6) is 0.837. The lowest BCUT2D eigenvalue weighted by molar-refractivity contribution is 0.232. The summed E-state index contributed by atoms with van der Waals surface area (Å²) in [4.78, 5) is 11.3. The third-order valence-electron chi connectivity index (χ3n) is 3.70. The molecule has 2 rings (SSSR count). The van der Waals surface area contributed by atoms with E-state index in [1.165, 1.54) is 25.7 Å². The Morgan fingerprint density at radius 2 is 2.30 bits per heavy atom. The van der Waals surface area contributed by atoms with Crippen molar-refractivity contribution in [2.45, 2.75) is 52.1 Å². The Bertz CT molecular complexity index is 398. The molecule has 5 heteroatoms. The number of unbranched alkanes of at least 4 members (excludes halogenated alkanes) is 1. The van der Waals surface area contributed by atoms with E-state index in [-0.39, 0.29) is 0 Å². The second-order valence-corrected chi connectivity index (χ2v) is 6.02. The quantitative estimate of drug-likeness (QED) is 0.786. The summed E-state index contributed by atoms with van der Waals surface area (Å²) in [6, 6.07) is 2.42. The van der Waals surface area contributed by atoms with Crippen molar-refractivity contribution < 1.29 is 0 Å². The minimum atomic E-state index is 0.543. The van der Waals surface area contributed by atoms with Crippen LogP contribution in [0.1, 0.15) is 44.1 Å². The van der Waals surface area contributed by atoms with Crippen LogP contribution in [0.15, 0.2) is 6.07 Å². The second-order valence-electron chi connectivity index (χ2n) is 5.63. The molecular weight excluding hydrogens is 272 g/mol. The Labute approximate surface area is 126 Å². The van der Waals surface area contributed by atoms with Gasteiger partial charge in [-0.2, -0.15) is 0 Å². The van der Waals surface area contributed by atoms with Crippen LogP contribution in [0, 0.1) is 6.92 Å². The highest BCUT2D eigenvalue weighted by Gasteiger charge is 2.18. The van der Waals surface area contributed by atoms with E-state index in [2.05, 4.69) is 27.1 Å². The molecule has 0 spiro atoms. The van der Waals surface area contributed by atoms with Crippen LogP contribution >= 0.6 is 11.6 Å². The monoisotopic (exact) mass is 296 g/mol. The van der Waals surface area contributed by atoms with E-state index >= 15 is 0 Å². The Morgan fingerprint density at radius 3 is 2.95 bits per heavy atom. The van der Waals surface area contributed by atoms with E-state index < -0.39 is 0 Å². The van der Waals surface area contributed by atoms with Crippen LogP contribution in [0.5, 0.6) is 0 Å². The van der Waals surface area contributed by atoms with Crippen molar-refractivity contribution in [2.24, 2.45) is 0 Å². The van der Waals surface area contributed by atoms with Crippen LogP contribution in [0.25, 0.3) is 0 Å². The van der Waals surface area contributed by atoms with Crippen LogP contribution in [0.2, 0.25) is 5.15 Å². The van der Waals surface area contributed by atoms with Gasteiger partial charge in [-0.05, 0) is 45.3 Å². The largest absolute Gasteiger partial charge is 0.313 e. The van der Waals surface area contributed by atoms with Crippen molar-refractivity contribution in [1.29, 1.82) is 0 Å². The van der Waals surface area contributed by atoms with E-state index in [9.17, 15) is 0 Å². The minimum absolute atomic E-state index is 0.543. The molecular formula is C15H25ClN4. The van der Waals surface area contributed by atoms with E-state index in [1.807, 2.05) is 6.92 Å². The molecule has 0 aliphatic carbocycles. The lowest BCUT2D eigenvalue weighted by Gasteiger charge is -2.25. The first-order valence-electron chi connectivity index (χ1n) is 7.63. The number of aryl methyl sites for hydroxylation is 1. The lowest BCUT2D eigenvalue weighted by Crippen LogP contribution is -2.38. The Hall–Kier alpha value is -0.710. The van der Waals surface area contributed by atoms with E-state index in [0.717, 1.165) is 37.7 Å². The number of hydrogen-bond acceptors (Lipinski definition) is 4. The fourth-order valence-electron chi connectivity index (χ4n) is 2.70. The van der Waals surface area contributed by atoms with Crippen molar-refractivity contribution >= 4 is 11.6 Å². The summed E-state index contributed by atoms with van der Waals surface area (Å²) in [7, 11) is 0. The molecule has 1 aliphatic rings. The molecule has 4 nitrogen and oxygen atoms in total. The number of nitrogens with one attached hydrogen (secondary N) is 1. The van der Waals surface area contributed by atoms with Gasteiger partial charge in [-0.15, -0.1) is 0 Å². The molecule has 0 radical (unpaired) electrons. The highest BCUT2D eigenvalue weighted by atomic mass is 35.5. The van der Waals surface area contributed by atoms with E-state index in [0.29, 0.717) is 11.2 Å². The fraction of sp³-hybridized carbons (Fsp3) is 0.733. The van der Waals surface area contributed by atoms with Gasteiger partial charge in [0.2, 0.25) is 0 Å². The fourth-order valence-corrected chi connectivity index (χ4v) is 2.96. The topological polar surface area (TPSA) is 41.1 Å². The predicted octanol–water partition coefficient (Wildman–Crippen LogP) is 2.79. The normalized spacial score (nSPS) is 18.9. The molecule has 1 fully saturated rings. The molecule has 0 bridgehead atoms. The molecule has 1 aromatic heterocycles. The maximum Gasteiger partial charge on any atom is 0.144 e. The summed E-state index contributed by atoms with van der Waals surface area (Å²) in [5.41, 5.74) is 0.939. The smallest absolute Gasteiger partial charge is 0.144 e. The predicted molar refractivity (Wildman–Crippen MR) is 83.0 cm³/mol. The first-order valence-corrected chi connectivity index (χ1v) is 8.01. The van der Waals surface area contributed by atoms with Crippen LogP contribution in [0.4, 0.5) is 0 Å². The van der Waals surface area contributed by atoms with Gasteiger partial charge in [-0.25, -0.2) is 9.97 Å². The number of aromatic nitrogens is 2. The van der Waals surface area contributed by atoms with Crippen LogP contribution in [0.3, 0.4) is 0 Å². The van der Waals surface area contributed by atoms with Crippen LogP contribution in [-0.4, -0.2) is 40.5 Å². The zero-order chi connectivity index (χ0) is 14.4. The zero-order valence-electron chi connectivity index (χ0n) is 12.5.